The molecule has 2 heterocycles. The number of nitrogen functional groups attached to an aromatic ring is 1. The fourth-order valence-electron chi connectivity index (χ4n) is 2.03. The zero-order valence-corrected chi connectivity index (χ0v) is 13.1. The largest absolute Gasteiger partial charge is 0.369 e. The standard InChI is InChI=1S/C13H11FIN3S/c1-7-2-3-8(19-7)6-18-12-4-9(14)10(15)5-11(12)17-13(18)16/h2-5H,6H2,1H3,(H2,16,17). The third-order valence-electron chi connectivity index (χ3n) is 2.93. The molecule has 0 atom stereocenters. The summed E-state index contributed by atoms with van der Waals surface area (Å²) in [4.78, 5) is 6.72. The van der Waals surface area contributed by atoms with Crippen LogP contribution in [0.1, 0.15) is 9.75 Å². The highest BCUT2D eigenvalue weighted by molar-refractivity contribution is 14.1. The van der Waals surface area contributed by atoms with Gasteiger partial charge in [0.2, 0.25) is 5.95 Å². The fourth-order valence-corrected chi connectivity index (χ4v) is 3.36. The molecule has 1 aromatic carbocycles. The molecule has 6 heteroatoms. The minimum absolute atomic E-state index is 0.239. The molecule has 0 fully saturated rings. The van der Waals surface area contributed by atoms with Gasteiger partial charge in [0.25, 0.3) is 0 Å². The topological polar surface area (TPSA) is 43.8 Å². The van der Waals surface area contributed by atoms with Crippen LogP contribution < -0.4 is 5.73 Å². The Bertz CT molecular complexity index is 763. The number of aryl methyl sites for hydroxylation is 1. The third kappa shape index (κ3) is 2.34. The van der Waals surface area contributed by atoms with Gasteiger partial charge < -0.3 is 10.3 Å². The van der Waals surface area contributed by atoms with E-state index in [0.29, 0.717) is 16.1 Å². The predicted octanol–water partition coefficient (Wildman–Crippen LogP) is 3.78. The summed E-state index contributed by atoms with van der Waals surface area (Å²) in [5.74, 6) is 0.180. The molecule has 2 N–H and O–H groups in total. The minimum atomic E-state index is -0.239. The molecule has 3 nitrogen and oxygen atoms in total. The van der Waals surface area contributed by atoms with E-state index in [9.17, 15) is 4.39 Å². The zero-order valence-electron chi connectivity index (χ0n) is 10.2. The lowest BCUT2D eigenvalue weighted by Crippen LogP contribution is -2.03. The van der Waals surface area contributed by atoms with Gasteiger partial charge in [-0.3, -0.25) is 0 Å². The molecule has 0 saturated heterocycles. The van der Waals surface area contributed by atoms with Crippen molar-refractivity contribution in [2.24, 2.45) is 0 Å². The van der Waals surface area contributed by atoms with E-state index in [2.05, 4.69) is 24.0 Å². The molecule has 0 unspecified atom stereocenters. The van der Waals surface area contributed by atoms with Gasteiger partial charge in [-0.15, -0.1) is 11.3 Å². The highest BCUT2D eigenvalue weighted by Crippen LogP contribution is 2.25. The maximum Gasteiger partial charge on any atom is 0.201 e. The number of hydrogen-bond acceptors (Lipinski definition) is 3. The highest BCUT2D eigenvalue weighted by Gasteiger charge is 2.12. The number of rotatable bonds is 2. The van der Waals surface area contributed by atoms with Crippen LogP contribution in [0.25, 0.3) is 11.0 Å². The number of fused-ring (bicyclic) bond motifs is 1. The van der Waals surface area contributed by atoms with Crippen molar-refractivity contribution in [3.8, 4) is 0 Å². The van der Waals surface area contributed by atoms with Crippen molar-refractivity contribution < 1.29 is 4.39 Å². The first-order chi connectivity index (χ1) is 9.04. The maximum atomic E-state index is 13.7. The SMILES string of the molecule is Cc1ccc(Cn2c(N)nc3cc(I)c(F)cc32)s1. The summed E-state index contributed by atoms with van der Waals surface area (Å²) in [6, 6.07) is 7.35. The molecule has 0 spiro atoms. The summed E-state index contributed by atoms with van der Waals surface area (Å²) >= 11 is 3.67. The van der Waals surface area contributed by atoms with Crippen molar-refractivity contribution in [2.75, 3.05) is 5.73 Å². The molecule has 0 aliphatic rings. The van der Waals surface area contributed by atoms with Crippen molar-refractivity contribution in [3.05, 3.63) is 43.4 Å². The molecule has 2 aromatic heterocycles. The van der Waals surface area contributed by atoms with Crippen LogP contribution in [0.5, 0.6) is 0 Å². The highest BCUT2D eigenvalue weighted by atomic mass is 127. The van der Waals surface area contributed by atoms with Crippen LogP contribution in [-0.4, -0.2) is 9.55 Å². The number of hydrogen-bond donors (Lipinski definition) is 1. The van der Waals surface area contributed by atoms with Gasteiger partial charge in [0.05, 0.1) is 21.1 Å². The van der Waals surface area contributed by atoms with Gasteiger partial charge in [-0.05, 0) is 47.7 Å². The Kier molecular flexibility index (Phi) is 3.22. The summed E-state index contributed by atoms with van der Waals surface area (Å²) in [5, 5.41) is 0. The Morgan fingerprint density at radius 3 is 2.89 bits per heavy atom. The van der Waals surface area contributed by atoms with Crippen molar-refractivity contribution in [1.82, 2.24) is 9.55 Å². The molecule has 0 saturated carbocycles. The average Bonchev–Trinajstić information content (AvgIpc) is 2.87. The van der Waals surface area contributed by atoms with Crippen molar-refractivity contribution in [1.29, 1.82) is 0 Å². The fraction of sp³-hybridized carbons (Fsp3) is 0.154. The van der Waals surface area contributed by atoms with E-state index in [1.54, 1.807) is 17.4 Å². The number of aromatic nitrogens is 2. The summed E-state index contributed by atoms with van der Waals surface area (Å²) < 4.78 is 16.1. The molecule has 19 heavy (non-hydrogen) atoms. The Labute approximate surface area is 127 Å². The summed E-state index contributed by atoms with van der Waals surface area (Å²) in [6.07, 6.45) is 0. The van der Waals surface area contributed by atoms with Crippen LogP contribution in [0.2, 0.25) is 0 Å². The maximum absolute atomic E-state index is 13.7. The molecule has 0 aliphatic heterocycles. The number of imidazole rings is 1. The first kappa shape index (κ1) is 12.9. The van der Waals surface area contributed by atoms with Crippen LogP contribution in [-0.2, 0) is 6.54 Å². The van der Waals surface area contributed by atoms with E-state index in [4.69, 9.17) is 5.73 Å². The van der Waals surface area contributed by atoms with Gasteiger partial charge in [0.15, 0.2) is 0 Å². The molecule has 0 bridgehead atoms. The van der Waals surface area contributed by atoms with E-state index >= 15 is 0 Å². The van der Waals surface area contributed by atoms with E-state index in [1.807, 2.05) is 27.2 Å². The molecule has 3 rings (SSSR count). The molecular weight excluding hydrogens is 376 g/mol. The quantitative estimate of drug-likeness (QED) is 0.681. The van der Waals surface area contributed by atoms with Crippen molar-refractivity contribution in [3.63, 3.8) is 0 Å². The smallest absolute Gasteiger partial charge is 0.201 e. The second-order valence-electron chi connectivity index (χ2n) is 4.32. The lowest BCUT2D eigenvalue weighted by Gasteiger charge is -2.04. The first-order valence-electron chi connectivity index (χ1n) is 5.70. The second-order valence-corrected chi connectivity index (χ2v) is 6.86. The second kappa shape index (κ2) is 4.75. The van der Waals surface area contributed by atoms with Crippen molar-refractivity contribution in [2.45, 2.75) is 13.5 Å². The lowest BCUT2D eigenvalue weighted by atomic mass is 10.3. The molecule has 0 amide bonds. The van der Waals surface area contributed by atoms with Crippen molar-refractivity contribution >= 4 is 50.9 Å². The number of nitrogens with two attached hydrogens (primary N) is 1. The number of nitrogens with zero attached hydrogens (tertiary/aromatic N) is 2. The van der Waals surface area contributed by atoms with Gasteiger partial charge in [-0.2, -0.15) is 0 Å². The number of anilines is 1. The zero-order chi connectivity index (χ0) is 13.6. The number of thiophene rings is 1. The van der Waals surface area contributed by atoms with E-state index < -0.39 is 0 Å². The van der Waals surface area contributed by atoms with Gasteiger partial charge in [-0.25, -0.2) is 9.37 Å². The number of benzene rings is 1. The Hall–Kier alpha value is -1.15. The van der Waals surface area contributed by atoms with Gasteiger partial charge in [0.1, 0.15) is 5.82 Å². The molecule has 98 valence electrons. The van der Waals surface area contributed by atoms with E-state index in [-0.39, 0.29) is 5.82 Å². The van der Waals surface area contributed by atoms with Crippen LogP contribution in [0.15, 0.2) is 24.3 Å². The molecule has 3 aromatic rings. The Balaban J connectivity index is 2.12. The predicted molar refractivity (Wildman–Crippen MR) is 85.0 cm³/mol. The van der Waals surface area contributed by atoms with Gasteiger partial charge in [0, 0.05) is 15.8 Å². The van der Waals surface area contributed by atoms with Gasteiger partial charge in [-0.1, -0.05) is 0 Å². The molecular formula is C13H11FIN3S. The summed E-state index contributed by atoms with van der Waals surface area (Å²) in [7, 11) is 0. The summed E-state index contributed by atoms with van der Waals surface area (Å²) in [5.41, 5.74) is 7.41. The third-order valence-corrected chi connectivity index (χ3v) is 4.74. The van der Waals surface area contributed by atoms with E-state index in [0.717, 1.165) is 11.0 Å². The first-order valence-corrected chi connectivity index (χ1v) is 7.60. The van der Waals surface area contributed by atoms with Gasteiger partial charge >= 0.3 is 0 Å². The van der Waals surface area contributed by atoms with Crippen LogP contribution in [0.3, 0.4) is 0 Å². The number of halogens is 2. The normalized spacial score (nSPS) is 11.3. The van der Waals surface area contributed by atoms with Crippen LogP contribution in [0, 0.1) is 16.3 Å². The Morgan fingerprint density at radius 1 is 1.42 bits per heavy atom. The van der Waals surface area contributed by atoms with Crippen LogP contribution in [0.4, 0.5) is 10.3 Å². The molecule has 0 aliphatic carbocycles. The Morgan fingerprint density at radius 2 is 2.21 bits per heavy atom. The monoisotopic (exact) mass is 387 g/mol. The summed E-state index contributed by atoms with van der Waals surface area (Å²) in [6.45, 7) is 2.69. The molecule has 0 radical (unpaired) electrons. The minimum Gasteiger partial charge on any atom is -0.369 e. The van der Waals surface area contributed by atoms with E-state index in [1.165, 1.54) is 15.8 Å². The average molecular weight is 387 g/mol. The lowest BCUT2D eigenvalue weighted by molar-refractivity contribution is 0.621. The van der Waals surface area contributed by atoms with Crippen LogP contribution >= 0.6 is 33.9 Å².